The molecule has 2 nitrogen and oxygen atoms in total. The third-order valence-corrected chi connectivity index (χ3v) is 4.48. The van der Waals surface area contributed by atoms with Crippen LogP contribution in [-0.2, 0) is 6.54 Å². The van der Waals surface area contributed by atoms with E-state index in [2.05, 4.69) is 42.2 Å². The first kappa shape index (κ1) is 14.5. The van der Waals surface area contributed by atoms with Crippen LogP contribution in [0.1, 0.15) is 44.6 Å². The summed E-state index contributed by atoms with van der Waals surface area (Å²) < 4.78 is 0. The molecule has 0 amide bonds. The Kier molecular flexibility index (Phi) is 5.87. The topological polar surface area (TPSA) is 23.5 Å². The first-order valence-corrected chi connectivity index (χ1v) is 7.74. The molecule has 0 heterocycles. The molecule has 2 rings (SSSR count). The van der Waals surface area contributed by atoms with Crippen LogP contribution in [0.15, 0.2) is 30.3 Å². The van der Waals surface area contributed by atoms with Gasteiger partial charge in [0.25, 0.3) is 0 Å². The maximum Gasteiger partial charge on any atom is 0.0558 e. The second-order valence-electron chi connectivity index (χ2n) is 5.70. The second-order valence-corrected chi connectivity index (χ2v) is 5.70. The van der Waals surface area contributed by atoms with Gasteiger partial charge in [-0.15, -0.1) is 0 Å². The molecule has 2 atom stereocenters. The average molecular weight is 261 g/mol. The molecular weight excluding hydrogens is 234 g/mol. The number of nitrogens with zero attached hydrogens (tertiary/aromatic N) is 1. The minimum absolute atomic E-state index is 0.264. The number of aliphatic hydroxyl groups excluding tert-OH is 1. The fourth-order valence-electron chi connectivity index (χ4n) is 3.45. The molecule has 0 spiro atoms. The summed E-state index contributed by atoms with van der Waals surface area (Å²) in [7, 11) is 0. The molecule has 0 bridgehead atoms. The summed E-state index contributed by atoms with van der Waals surface area (Å²) in [5, 5.41) is 9.36. The molecule has 1 fully saturated rings. The van der Waals surface area contributed by atoms with E-state index in [0.29, 0.717) is 6.04 Å². The Bertz CT molecular complexity index is 352. The average Bonchev–Trinajstić information content (AvgIpc) is 2.48. The van der Waals surface area contributed by atoms with Gasteiger partial charge in [0.1, 0.15) is 0 Å². The Balaban J connectivity index is 2.05. The Labute approximate surface area is 117 Å². The van der Waals surface area contributed by atoms with E-state index in [0.717, 1.165) is 19.0 Å². The van der Waals surface area contributed by atoms with E-state index in [9.17, 15) is 5.11 Å². The highest BCUT2D eigenvalue weighted by Gasteiger charge is 2.28. The fourth-order valence-corrected chi connectivity index (χ4v) is 3.45. The van der Waals surface area contributed by atoms with E-state index >= 15 is 0 Å². The fraction of sp³-hybridized carbons (Fsp3) is 0.647. The molecule has 106 valence electrons. The highest BCUT2D eigenvalue weighted by atomic mass is 16.3. The van der Waals surface area contributed by atoms with Crippen LogP contribution in [0.2, 0.25) is 0 Å². The summed E-state index contributed by atoms with van der Waals surface area (Å²) in [5.41, 5.74) is 1.36. The monoisotopic (exact) mass is 261 g/mol. The van der Waals surface area contributed by atoms with Gasteiger partial charge in [0.05, 0.1) is 6.61 Å². The predicted molar refractivity (Wildman–Crippen MR) is 80.0 cm³/mol. The smallest absolute Gasteiger partial charge is 0.0558 e. The Hall–Kier alpha value is -0.860. The molecule has 1 saturated carbocycles. The highest BCUT2D eigenvalue weighted by molar-refractivity contribution is 5.14. The first-order valence-electron chi connectivity index (χ1n) is 7.74. The van der Waals surface area contributed by atoms with Crippen molar-refractivity contribution in [3.8, 4) is 0 Å². The standard InChI is InChI=1S/C17H27NO/c1-2-16-10-6-7-11-17(16)18(12-13-19)14-15-8-4-3-5-9-15/h3-5,8-9,16-17,19H,2,6-7,10-14H2,1H3. The molecule has 1 aromatic rings. The van der Waals surface area contributed by atoms with Crippen molar-refractivity contribution in [3.63, 3.8) is 0 Å². The molecule has 2 heteroatoms. The van der Waals surface area contributed by atoms with Crippen LogP contribution < -0.4 is 0 Å². The van der Waals surface area contributed by atoms with Crippen LogP contribution in [-0.4, -0.2) is 29.2 Å². The number of hydrogen-bond acceptors (Lipinski definition) is 2. The lowest BCUT2D eigenvalue weighted by Gasteiger charge is -2.39. The molecule has 0 saturated heterocycles. The zero-order valence-electron chi connectivity index (χ0n) is 12.1. The van der Waals surface area contributed by atoms with Crippen molar-refractivity contribution in [1.82, 2.24) is 4.90 Å². The van der Waals surface area contributed by atoms with E-state index in [1.807, 2.05) is 0 Å². The molecule has 0 aliphatic heterocycles. The number of hydrogen-bond donors (Lipinski definition) is 1. The maximum atomic E-state index is 9.36. The van der Waals surface area contributed by atoms with Gasteiger partial charge in [0, 0.05) is 19.1 Å². The molecule has 0 radical (unpaired) electrons. The van der Waals surface area contributed by atoms with Gasteiger partial charge in [0.2, 0.25) is 0 Å². The van der Waals surface area contributed by atoms with Gasteiger partial charge in [-0.2, -0.15) is 0 Å². The lowest BCUT2D eigenvalue weighted by atomic mass is 9.81. The quantitative estimate of drug-likeness (QED) is 0.848. The van der Waals surface area contributed by atoms with Crippen LogP contribution >= 0.6 is 0 Å². The van der Waals surface area contributed by atoms with Crippen LogP contribution in [0, 0.1) is 5.92 Å². The highest BCUT2D eigenvalue weighted by Crippen LogP contribution is 2.31. The first-order chi connectivity index (χ1) is 9.35. The molecular formula is C17H27NO. The Morgan fingerprint density at radius 1 is 1.16 bits per heavy atom. The van der Waals surface area contributed by atoms with Crippen LogP contribution in [0.5, 0.6) is 0 Å². The van der Waals surface area contributed by atoms with Crippen molar-refractivity contribution >= 4 is 0 Å². The summed E-state index contributed by atoms with van der Waals surface area (Å²) in [6, 6.07) is 11.3. The number of aliphatic hydroxyl groups is 1. The lowest BCUT2D eigenvalue weighted by molar-refractivity contribution is 0.0753. The summed E-state index contributed by atoms with van der Waals surface area (Å²) >= 11 is 0. The van der Waals surface area contributed by atoms with Gasteiger partial charge in [-0.25, -0.2) is 0 Å². The van der Waals surface area contributed by atoms with E-state index in [1.54, 1.807) is 0 Å². The van der Waals surface area contributed by atoms with Gasteiger partial charge in [-0.05, 0) is 24.3 Å². The SMILES string of the molecule is CCC1CCCCC1N(CCO)Cc1ccccc1. The van der Waals surface area contributed by atoms with Gasteiger partial charge in [-0.3, -0.25) is 4.90 Å². The molecule has 1 aliphatic carbocycles. The van der Waals surface area contributed by atoms with Crippen LogP contribution in [0.3, 0.4) is 0 Å². The van der Waals surface area contributed by atoms with Crippen molar-refractivity contribution in [2.24, 2.45) is 5.92 Å². The normalized spacial score (nSPS) is 23.7. The summed E-state index contributed by atoms with van der Waals surface area (Å²) in [5.74, 6) is 0.809. The van der Waals surface area contributed by atoms with Crippen LogP contribution in [0.25, 0.3) is 0 Å². The van der Waals surface area contributed by atoms with Crippen molar-refractivity contribution in [3.05, 3.63) is 35.9 Å². The molecule has 1 N–H and O–H groups in total. The molecule has 1 aliphatic rings. The van der Waals surface area contributed by atoms with E-state index in [4.69, 9.17) is 0 Å². The molecule has 2 unspecified atom stereocenters. The summed E-state index contributed by atoms with van der Waals surface area (Å²) in [4.78, 5) is 2.50. The predicted octanol–water partition coefficient (Wildman–Crippen LogP) is 3.45. The molecule has 0 aromatic heterocycles. The van der Waals surface area contributed by atoms with Crippen molar-refractivity contribution < 1.29 is 5.11 Å². The minimum Gasteiger partial charge on any atom is -0.395 e. The zero-order valence-corrected chi connectivity index (χ0v) is 12.1. The Morgan fingerprint density at radius 2 is 1.89 bits per heavy atom. The summed E-state index contributed by atoms with van der Waals surface area (Å²) in [6.45, 7) is 4.35. The number of benzene rings is 1. The molecule has 19 heavy (non-hydrogen) atoms. The van der Waals surface area contributed by atoms with E-state index < -0.39 is 0 Å². The van der Waals surface area contributed by atoms with E-state index in [-0.39, 0.29) is 6.61 Å². The third-order valence-electron chi connectivity index (χ3n) is 4.48. The third kappa shape index (κ3) is 4.05. The van der Waals surface area contributed by atoms with E-state index in [1.165, 1.54) is 37.7 Å². The Morgan fingerprint density at radius 3 is 2.58 bits per heavy atom. The molecule has 1 aromatic carbocycles. The second kappa shape index (κ2) is 7.66. The van der Waals surface area contributed by atoms with Gasteiger partial charge >= 0.3 is 0 Å². The van der Waals surface area contributed by atoms with Gasteiger partial charge < -0.3 is 5.11 Å². The number of rotatable bonds is 6. The van der Waals surface area contributed by atoms with Gasteiger partial charge in [0.15, 0.2) is 0 Å². The minimum atomic E-state index is 0.264. The largest absolute Gasteiger partial charge is 0.395 e. The van der Waals surface area contributed by atoms with Crippen molar-refractivity contribution in [1.29, 1.82) is 0 Å². The lowest BCUT2D eigenvalue weighted by Crippen LogP contribution is -2.43. The zero-order chi connectivity index (χ0) is 13.5. The maximum absolute atomic E-state index is 9.36. The van der Waals surface area contributed by atoms with Crippen molar-refractivity contribution in [2.75, 3.05) is 13.2 Å². The summed E-state index contributed by atoms with van der Waals surface area (Å²) in [6.07, 6.45) is 6.65. The van der Waals surface area contributed by atoms with Crippen LogP contribution in [0.4, 0.5) is 0 Å². The van der Waals surface area contributed by atoms with Crippen molar-refractivity contribution in [2.45, 2.75) is 51.6 Å². The van der Waals surface area contributed by atoms with Gasteiger partial charge in [-0.1, -0.05) is 56.5 Å².